The number of anilines is 3. The van der Waals surface area contributed by atoms with Gasteiger partial charge in [-0.1, -0.05) is 29.5 Å². The van der Waals surface area contributed by atoms with Crippen molar-refractivity contribution in [2.24, 2.45) is 0 Å². The summed E-state index contributed by atoms with van der Waals surface area (Å²) < 4.78 is 8.31. The van der Waals surface area contributed by atoms with Crippen molar-refractivity contribution in [1.29, 1.82) is 0 Å². The fourth-order valence-corrected chi connectivity index (χ4v) is 3.84. The van der Waals surface area contributed by atoms with E-state index in [-0.39, 0.29) is 29.9 Å². The van der Waals surface area contributed by atoms with E-state index in [2.05, 4.69) is 22.5 Å². The molecule has 9 nitrogen and oxygen atoms in total. The number of carbonyl (C=O) groups is 1. The van der Waals surface area contributed by atoms with Crippen molar-refractivity contribution >= 4 is 23.3 Å². The van der Waals surface area contributed by atoms with E-state index in [4.69, 9.17) is 4.74 Å². The number of aromatic nitrogens is 2. The Bertz CT molecular complexity index is 1240. The average molecular weight is 435 g/mol. The maximum Gasteiger partial charge on any atom is 0.414 e. The van der Waals surface area contributed by atoms with E-state index in [1.165, 1.54) is 9.47 Å². The van der Waals surface area contributed by atoms with Gasteiger partial charge in [0.2, 0.25) is 0 Å². The van der Waals surface area contributed by atoms with Crippen molar-refractivity contribution in [3.8, 4) is 11.8 Å². The quantitative estimate of drug-likeness (QED) is 0.716. The Hall–Kier alpha value is -3.67. The van der Waals surface area contributed by atoms with Gasteiger partial charge in [0.15, 0.2) is 12.8 Å². The number of nitrogens with one attached hydrogen (secondary N) is 2. The van der Waals surface area contributed by atoms with E-state index >= 15 is 0 Å². The van der Waals surface area contributed by atoms with Gasteiger partial charge in [-0.05, 0) is 44.7 Å². The van der Waals surface area contributed by atoms with E-state index < -0.39 is 12.3 Å². The molecular formula is C23H25N5O4. The smallest absolute Gasteiger partial charge is 0.414 e. The Morgan fingerprint density at radius 1 is 1.09 bits per heavy atom. The van der Waals surface area contributed by atoms with E-state index in [1.807, 2.05) is 31.2 Å². The van der Waals surface area contributed by atoms with Crippen LogP contribution in [0.1, 0.15) is 43.3 Å². The minimum Gasteiger partial charge on any atom is -0.436 e. The molecule has 0 radical (unpaired) electrons. The van der Waals surface area contributed by atoms with Crippen LogP contribution in [0.25, 0.3) is 0 Å². The van der Waals surface area contributed by atoms with E-state index in [9.17, 15) is 14.4 Å². The number of benzene rings is 1. The molecule has 0 bridgehead atoms. The molecule has 2 heterocycles. The summed E-state index contributed by atoms with van der Waals surface area (Å²) in [6.45, 7) is 1.89. The minimum atomic E-state index is -0.536. The van der Waals surface area contributed by atoms with Crippen LogP contribution < -0.4 is 26.8 Å². The van der Waals surface area contributed by atoms with Crippen molar-refractivity contribution in [3.05, 3.63) is 50.7 Å². The zero-order valence-corrected chi connectivity index (χ0v) is 18.1. The van der Waals surface area contributed by atoms with Crippen LogP contribution in [0.3, 0.4) is 0 Å². The molecule has 0 saturated heterocycles. The number of hydrogen-bond donors (Lipinski definition) is 2. The first-order valence-corrected chi connectivity index (χ1v) is 10.8. The first kappa shape index (κ1) is 20.2. The van der Waals surface area contributed by atoms with E-state index in [0.29, 0.717) is 11.5 Å². The molecule has 2 fully saturated rings. The largest absolute Gasteiger partial charge is 0.436 e. The van der Waals surface area contributed by atoms with Gasteiger partial charge in [0, 0.05) is 24.8 Å². The number of aryl methyl sites for hydroxylation is 1. The predicted octanol–water partition coefficient (Wildman–Crippen LogP) is 2.43. The van der Waals surface area contributed by atoms with Crippen LogP contribution >= 0.6 is 0 Å². The Balaban J connectivity index is 1.26. The molecule has 0 spiro atoms. The number of ether oxygens (including phenoxy) is 1. The van der Waals surface area contributed by atoms with Gasteiger partial charge in [0.05, 0.1) is 0 Å². The van der Waals surface area contributed by atoms with Gasteiger partial charge in [-0.3, -0.25) is 18.8 Å². The number of nitrogens with zero attached hydrogens (tertiary/aromatic N) is 3. The van der Waals surface area contributed by atoms with Crippen molar-refractivity contribution in [1.82, 2.24) is 9.13 Å². The zero-order chi connectivity index (χ0) is 22.4. The molecule has 9 heteroatoms. The summed E-state index contributed by atoms with van der Waals surface area (Å²) >= 11 is 0. The van der Waals surface area contributed by atoms with Crippen molar-refractivity contribution in [2.45, 2.75) is 50.9 Å². The molecule has 32 heavy (non-hydrogen) atoms. The molecule has 1 aromatic heterocycles. The number of rotatable bonds is 4. The number of hydrogen-bond acceptors (Lipinski definition) is 6. The highest BCUT2D eigenvalue weighted by Gasteiger charge is 2.37. The molecule has 2 aliphatic carbocycles. The van der Waals surface area contributed by atoms with Gasteiger partial charge in [0.1, 0.15) is 11.5 Å². The molecular weight excluding hydrogens is 410 g/mol. The summed E-state index contributed by atoms with van der Waals surface area (Å²) in [6.07, 6.45) is 2.53. The highest BCUT2D eigenvalue weighted by atomic mass is 16.6. The van der Waals surface area contributed by atoms with Crippen LogP contribution in [-0.2, 0) is 4.74 Å². The van der Waals surface area contributed by atoms with Gasteiger partial charge >= 0.3 is 11.8 Å². The second kappa shape index (κ2) is 7.79. The zero-order valence-electron chi connectivity index (χ0n) is 18.1. The third-order valence-corrected chi connectivity index (χ3v) is 5.93. The molecule has 5 rings (SSSR count). The summed E-state index contributed by atoms with van der Waals surface area (Å²) in [6, 6.07) is 7.67. The van der Waals surface area contributed by atoms with Gasteiger partial charge in [-0.15, -0.1) is 0 Å². The van der Waals surface area contributed by atoms with Crippen molar-refractivity contribution in [2.75, 3.05) is 29.2 Å². The Kier molecular flexibility index (Phi) is 4.93. The summed E-state index contributed by atoms with van der Waals surface area (Å²) in [4.78, 5) is 39.4. The Morgan fingerprint density at radius 2 is 1.75 bits per heavy atom. The lowest BCUT2D eigenvalue weighted by Gasteiger charge is -2.16. The lowest BCUT2D eigenvalue weighted by atomic mass is 10.2. The lowest BCUT2D eigenvalue weighted by molar-refractivity contribution is 0.169. The third-order valence-electron chi connectivity index (χ3n) is 5.93. The molecule has 2 N–H and O–H groups in total. The van der Waals surface area contributed by atoms with Crippen molar-refractivity contribution < 1.29 is 9.53 Å². The van der Waals surface area contributed by atoms with E-state index in [0.717, 1.165) is 36.9 Å². The summed E-state index contributed by atoms with van der Waals surface area (Å²) in [5.74, 6) is 6.26. The fourth-order valence-electron chi connectivity index (χ4n) is 3.84. The maximum atomic E-state index is 12.9. The van der Waals surface area contributed by atoms with Crippen LogP contribution in [0.4, 0.5) is 22.0 Å². The molecule has 3 aliphatic rings. The normalized spacial score (nSPS) is 18.6. The van der Waals surface area contributed by atoms with E-state index in [1.54, 1.807) is 11.6 Å². The first-order valence-electron chi connectivity index (χ1n) is 10.8. The summed E-state index contributed by atoms with van der Waals surface area (Å²) in [5, 5.41) is 6.24. The number of carbonyl (C=O) groups excluding carboxylic acids is 1. The van der Waals surface area contributed by atoms with Crippen molar-refractivity contribution in [3.63, 3.8) is 0 Å². The second-order valence-corrected chi connectivity index (χ2v) is 8.51. The van der Waals surface area contributed by atoms with Crippen LogP contribution in [0, 0.1) is 18.8 Å². The fraction of sp³-hybridized carbons (Fsp3) is 0.435. The van der Waals surface area contributed by atoms with Crippen LogP contribution in [0.2, 0.25) is 0 Å². The van der Waals surface area contributed by atoms with Crippen LogP contribution in [-0.4, -0.2) is 35.0 Å². The third kappa shape index (κ3) is 3.73. The molecule has 1 atom stereocenters. The molecule has 166 valence electrons. The van der Waals surface area contributed by atoms with Gasteiger partial charge < -0.3 is 15.4 Å². The predicted molar refractivity (Wildman–Crippen MR) is 121 cm³/mol. The van der Waals surface area contributed by atoms with Gasteiger partial charge in [-0.2, -0.15) is 0 Å². The highest BCUT2D eigenvalue weighted by Crippen LogP contribution is 2.40. The highest BCUT2D eigenvalue weighted by molar-refractivity contribution is 5.87. The monoisotopic (exact) mass is 435 g/mol. The minimum absolute atomic E-state index is 0.00201. The van der Waals surface area contributed by atoms with Crippen LogP contribution in [0.5, 0.6) is 0 Å². The Labute approximate surface area is 185 Å². The van der Waals surface area contributed by atoms with Crippen LogP contribution in [0.15, 0.2) is 33.9 Å². The average Bonchev–Trinajstić information content (AvgIpc) is 3.70. The topological polar surface area (TPSA) is 97.6 Å². The summed E-state index contributed by atoms with van der Waals surface area (Å²) in [5.41, 5.74) is 1.68. The molecule has 2 saturated carbocycles. The Morgan fingerprint density at radius 3 is 2.41 bits per heavy atom. The molecule has 1 amide bonds. The summed E-state index contributed by atoms with van der Waals surface area (Å²) in [7, 11) is 1.64. The molecule has 2 aromatic rings. The molecule has 1 aliphatic heterocycles. The number of fused-ring (bicyclic) bond motifs is 1. The SMILES string of the molecule is Cc1ccc(N(C)C(=O)OCC#CC2Nc3c(n(C4CC4)c(=O)n(C4CC4)c3=O)N2)cc1. The molecule has 1 aromatic carbocycles. The first-order chi connectivity index (χ1) is 15.4. The second-order valence-electron chi connectivity index (χ2n) is 8.51. The number of amides is 1. The maximum absolute atomic E-state index is 12.9. The van der Waals surface area contributed by atoms with Gasteiger partial charge in [-0.25, -0.2) is 9.59 Å². The standard InChI is InChI=1S/C23H25N5O4/c1-14-5-7-15(8-6-14)26(2)23(31)32-13-3-4-18-24-19-20(25-18)27(16-9-10-16)22(30)28(21(19)29)17-11-12-17/h5-8,16-18,24-25H,9-13H2,1-2H3. The van der Waals surface area contributed by atoms with Gasteiger partial charge in [0.25, 0.3) is 5.56 Å². The lowest BCUT2D eigenvalue weighted by Crippen LogP contribution is -2.39. The molecule has 1 unspecified atom stereocenters.